The number of nitrogens with one attached hydrogen (secondary N) is 1. The lowest BCUT2D eigenvalue weighted by Crippen LogP contribution is -2.08. The van der Waals surface area contributed by atoms with Gasteiger partial charge in [-0.1, -0.05) is 11.2 Å². The molecule has 0 fully saturated rings. The third kappa shape index (κ3) is 4.71. The van der Waals surface area contributed by atoms with Crippen molar-refractivity contribution in [1.29, 1.82) is 0 Å². The number of pyridine rings is 1. The Labute approximate surface area is 204 Å². The van der Waals surface area contributed by atoms with Gasteiger partial charge in [0.15, 0.2) is 0 Å². The van der Waals surface area contributed by atoms with Crippen LogP contribution in [0.15, 0.2) is 53.4 Å². The maximum absolute atomic E-state index is 9.43. The fourth-order valence-electron chi connectivity index (χ4n) is 3.77. The highest BCUT2D eigenvalue weighted by molar-refractivity contribution is 7.19. The van der Waals surface area contributed by atoms with Crippen LogP contribution in [-0.2, 0) is 6.42 Å². The summed E-state index contributed by atoms with van der Waals surface area (Å²) in [6, 6.07) is 11.6. The summed E-state index contributed by atoms with van der Waals surface area (Å²) < 4.78 is 16.0. The lowest BCUT2D eigenvalue weighted by Gasteiger charge is -2.12. The number of anilines is 1. The van der Waals surface area contributed by atoms with Crippen LogP contribution in [-0.4, -0.2) is 50.5 Å². The second-order valence-electron chi connectivity index (χ2n) is 7.42. The van der Waals surface area contributed by atoms with Gasteiger partial charge < -0.3 is 19.9 Å². The maximum Gasteiger partial charge on any atom is 0.415 e. The Balaban J connectivity index is 1.36. The van der Waals surface area contributed by atoms with Crippen molar-refractivity contribution < 1.29 is 19.1 Å². The van der Waals surface area contributed by atoms with Crippen molar-refractivity contribution in [2.24, 2.45) is 0 Å². The first-order chi connectivity index (χ1) is 17.2. The van der Waals surface area contributed by atoms with Crippen LogP contribution in [0.5, 0.6) is 17.6 Å². The van der Waals surface area contributed by atoms with Gasteiger partial charge in [0.25, 0.3) is 0 Å². The number of hydrogen-bond acceptors (Lipinski definition) is 11. The lowest BCUT2D eigenvalue weighted by molar-refractivity contribution is 0.267. The first kappa shape index (κ1) is 22.5. The summed E-state index contributed by atoms with van der Waals surface area (Å²) in [5.74, 6) is 2.38. The third-order valence-corrected chi connectivity index (χ3v) is 6.43. The van der Waals surface area contributed by atoms with Crippen molar-refractivity contribution in [2.75, 3.05) is 25.6 Å². The molecule has 5 rings (SSSR count). The predicted octanol–water partition coefficient (Wildman–Crippen LogP) is 4.57. The van der Waals surface area contributed by atoms with Crippen molar-refractivity contribution in [1.82, 2.24) is 25.1 Å². The highest BCUT2D eigenvalue weighted by Gasteiger charge is 2.19. The minimum atomic E-state index is -0.496. The van der Waals surface area contributed by atoms with E-state index in [0.29, 0.717) is 29.6 Å². The maximum atomic E-state index is 9.43. The van der Waals surface area contributed by atoms with E-state index in [-0.39, 0.29) is 5.82 Å². The number of aromatic hydroxyl groups is 1. The van der Waals surface area contributed by atoms with Crippen molar-refractivity contribution >= 4 is 28.1 Å². The fourth-order valence-corrected chi connectivity index (χ4v) is 4.77. The van der Waals surface area contributed by atoms with Crippen LogP contribution in [0.3, 0.4) is 0 Å². The summed E-state index contributed by atoms with van der Waals surface area (Å²) >= 11 is 1.39. The molecule has 35 heavy (non-hydrogen) atoms. The highest BCUT2D eigenvalue weighted by atomic mass is 32.1. The van der Waals surface area contributed by atoms with Gasteiger partial charge in [0.1, 0.15) is 28.5 Å². The number of methoxy groups -OCH3 is 1. The molecule has 4 heterocycles. The average Bonchev–Trinajstić information content (AvgIpc) is 3.50. The molecule has 0 saturated carbocycles. The van der Waals surface area contributed by atoms with E-state index in [4.69, 9.17) is 14.0 Å². The van der Waals surface area contributed by atoms with Crippen LogP contribution in [0, 0.1) is 0 Å². The van der Waals surface area contributed by atoms with Gasteiger partial charge in [-0.2, -0.15) is 4.98 Å². The van der Waals surface area contributed by atoms with Crippen LogP contribution in [0.4, 0.5) is 5.82 Å². The van der Waals surface area contributed by atoms with E-state index in [2.05, 4.69) is 36.5 Å². The second-order valence-corrected chi connectivity index (χ2v) is 8.47. The summed E-state index contributed by atoms with van der Waals surface area (Å²) in [5, 5.41) is 17.7. The topological polar surface area (TPSA) is 128 Å². The van der Waals surface area contributed by atoms with Crippen molar-refractivity contribution in [2.45, 2.75) is 13.3 Å². The Morgan fingerprint density at radius 3 is 2.83 bits per heavy atom. The van der Waals surface area contributed by atoms with Gasteiger partial charge in [0.2, 0.25) is 5.82 Å². The molecule has 0 radical (unpaired) electrons. The van der Waals surface area contributed by atoms with Crippen LogP contribution < -0.4 is 14.8 Å². The first-order valence-electron chi connectivity index (χ1n) is 10.9. The van der Waals surface area contributed by atoms with Crippen LogP contribution in [0.25, 0.3) is 32.2 Å². The number of rotatable bonds is 9. The molecule has 1 aromatic carbocycles. The van der Waals surface area contributed by atoms with Gasteiger partial charge in [0.05, 0.1) is 29.8 Å². The van der Waals surface area contributed by atoms with Crippen LogP contribution >= 0.6 is 11.3 Å². The summed E-state index contributed by atoms with van der Waals surface area (Å²) in [4.78, 5) is 18.6. The standard InChI is InChI=1S/C24H22N6O4S/c1-3-33-19-12-20(35-22(19)23-29-24(31)34-30-23)17-11-21(28-13-27-17)26-10-8-15-14-5-4-9-25-16(14)6-7-18(15)32-2/h4-7,9,11-13H,3,8,10H2,1-2H3,(H,26,27,28)(H,29,30,31). The zero-order valence-electron chi connectivity index (χ0n) is 19.1. The summed E-state index contributed by atoms with van der Waals surface area (Å²) in [7, 11) is 1.67. The fraction of sp³-hybridized carbons (Fsp3) is 0.208. The summed E-state index contributed by atoms with van der Waals surface area (Å²) in [6.45, 7) is 3.00. The Bertz CT molecular complexity index is 1470. The van der Waals surface area contributed by atoms with E-state index in [1.54, 1.807) is 13.3 Å². The molecule has 10 nitrogen and oxygen atoms in total. The quantitative estimate of drug-likeness (QED) is 0.303. The van der Waals surface area contributed by atoms with Gasteiger partial charge in [-0.15, -0.1) is 11.3 Å². The van der Waals surface area contributed by atoms with Gasteiger partial charge in [-0.3, -0.25) is 9.51 Å². The van der Waals surface area contributed by atoms with Crippen molar-refractivity contribution in [3.63, 3.8) is 0 Å². The SMILES string of the molecule is CCOc1cc(-c2cc(NCCc3c(OC)ccc4ncccc34)ncn2)sc1-c1noc(O)n1. The molecule has 178 valence electrons. The molecule has 2 N–H and O–H groups in total. The predicted molar refractivity (Wildman–Crippen MR) is 132 cm³/mol. The van der Waals surface area contributed by atoms with E-state index in [9.17, 15) is 5.11 Å². The molecular weight excluding hydrogens is 468 g/mol. The molecule has 4 aromatic heterocycles. The average molecular weight is 491 g/mol. The molecule has 0 amide bonds. The Kier molecular flexibility index (Phi) is 6.40. The third-order valence-electron chi connectivity index (χ3n) is 5.29. The highest BCUT2D eigenvalue weighted by Crippen LogP contribution is 2.42. The number of hydrogen-bond donors (Lipinski definition) is 2. The number of benzene rings is 1. The summed E-state index contributed by atoms with van der Waals surface area (Å²) in [6.07, 6.45) is 3.53. The Morgan fingerprint density at radius 1 is 1.11 bits per heavy atom. The number of fused-ring (bicyclic) bond motifs is 1. The van der Waals surface area contributed by atoms with E-state index in [0.717, 1.165) is 39.2 Å². The smallest absolute Gasteiger partial charge is 0.415 e. The van der Waals surface area contributed by atoms with Gasteiger partial charge in [0, 0.05) is 35.8 Å². The normalized spacial score (nSPS) is 11.0. The summed E-state index contributed by atoms with van der Waals surface area (Å²) in [5.41, 5.74) is 2.74. The van der Waals surface area contributed by atoms with Crippen LogP contribution in [0.2, 0.25) is 0 Å². The number of thiophene rings is 1. The van der Waals surface area contributed by atoms with Crippen molar-refractivity contribution in [3.05, 3.63) is 54.5 Å². The first-order valence-corrected chi connectivity index (χ1v) is 11.7. The molecule has 0 aliphatic heterocycles. The number of ether oxygens (including phenoxy) is 2. The monoisotopic (exact) mass is 490 g/mol. The molecule has 0 atom stereocenters. The van der Waals surface area contributed by atoms with Crippen molar-refractivity contribution in [3.8, 4) is 38.8 Å². The minimum Gasteiger partial charge on any atom is -0.496 e. The molecule has 0 unspecified atom stereocenters. The van der Waals surface area contributed by atoms with Gasteiger partial charge >= 0.3 is 6.08 Å². The molecule has 5 aromatic rings. The second kappa shape index (κ2) is 9.94. The van der Waals surface area contributed by atoms with Gasteiger partial charge in [-0.25, -0.2) is 9.97 Å². The number of nitrogens with zero attached hydrogens (tertiary/aromatic N) is 5. The van der Waals surface area contributed by atoms with E-state index in [1.165, 1.54) is 17.7 Å². The zero-order chi connectivity index (χ0) is 24.2. The van der Waals surface area contributed by atoms with E-state index in [1.807, 2.05) is 37.3 Å². The van der Waals surface area contributed by atoms with Crippen LogP contribution in [0.1, 0.15) is 12.5 Å². The van der Waals surface area contributed by atoms with E-state index < -0.39 is 6.08 Å². The van der Waals surface area contributed by atoms with E-state index >= 15 is 0 Å². The molecule has 0 spiro atoms. The Morgan fingerprint density at radius 2 is 2.03 bits per heavy atom. The zero-order valence-corrected chi connectivity index (χ0v) is 19.9. The largest absolute Gasteiger partial charge is 0.496 e. The molecule has 0 bridgehead atoms. The van der Waals surface area contributed by atoms with Gasteiger partial charge in [-0.05, 0) is 31.5 Å². The minimum absolute atomic E-state index is 0.258. The molecular formula is C24H22N6O4S. The molecule has 0 aliphatic rings. The number of aromatic nitrogens is 5. The Hall–Kier alpha value is -4.25. The molecule has 0 aliphatic carbocycles. The lowest BCUT2D eigenvalue weighted by atomic mass is 10.0. The molecule has 0 saturated heterocycles. The molecule has 11 heteroatoms.